The number of benzene rings is 1. The van der Waals surface area contributed by atoms with Crippen molar-refractivity contribution in [2.45, 2.75) is 141 Å². The molecule has 4 fully saturated rings. The van der Waals surface area contributed by atoms with E-state index < -0.39 is 122 Å². The summed E-state index contributed by atoms with van der Waals surface area (Å²) in [6.07, 6.45) is -3.77. The van der Waals surface area contributed by atoms with Gasteiger partial charge in [0.1, 0.15) is 12.2 Å². The minimum atomic E-state index is -4.26. The number of fused-ring (bicyclic) bond motifs is 5. The van der Waals surface area contributed by atoms with Crippen molar-refractivity contribution in [2.24, 2.45) is 34.5 Å². The number of Topliss-reactive ketones (excluding diaryl/α,β-unsaturated/α-hetero) is 1. The van der Waals surface area contributed by atoms with E-state index in [9.17, 15) is 36.4 Å². The van der Waals surface area contributed by atoms with Gasteiger partial charge < -0.3 is 14.4 Å². The summed E-state index contributed by atoms with van der Waals surface area (Å²) >= 11 is 6.22. The molecule has 1 aromatic carbocycles. The first-order valence-electron chi connectivity index (χ1n) is 20.4. The Labute approximate surface area is 345 Å². The van der Waals surface area contributed by atoms with Crippen molar-refractivity contribution in [3.05, 3.63) is 28.9 Å². The molecule has 2 aromatic rings. The van der Waals surface area contributed by atoms with Gasteiger partial charge in [0.05, 0.1) is 46.1 Å². The number of sulfonamides is 1. The highest BCUT2D eigenvalue weighted by atomic mass is 35.5. The van der Waals surface area contributed by atoms with E-state index >= 15 is 8.78 Å². The first-order valence-corrected chi connectivity index (χ1v) is 22.2. The highest BCUT2D eigenvalue weighted by molar-refractivity contribution is 7.91. The molecular weight excluding hydrogens is 820 g/mol. The summed E-state index contributed by atoms with van der Waals surface area (Å²) in [4.78, 5) is 66.4. The third-order valence-corrected chi connectivity index (χ3v) is 15.6. The van der Waals surface area contributed by atoms with Crippen LogP contribution in [0.4, 0.5) is 17.6 Å². The van der Waals surface area contributed by atoms with Crippen molar-refractivity contribution < 1.29 is 54.6 Å². The maximum absolute atomic E-state index is 16.2. The highest BCUT2D eigenvalue weighted by Crippen LogP contribution is 2.59. The van der Waals surface area contributed by atoms with Crippen molar-refractivity contribution in [2.75, 3.05) is 6.54 Å². The molecule has 7 rings (SSSR count). The Bertz CT molecular complexity index is 2150. The topological polar surface area (TPSA) is 162 Å². The Hall–Kier alpha value is -3.60. The van der Waals surface area contributed by atoms with Gasteiger partial charge in [-0.3, -0.25) is 23.9 Å². The van der Waals surface area contributed by atoms with Gasteiger partial charge in [-0.25, -0.2) is 27.2 Å². The second-order valence-electron chi connectivity index (χ2n) is 18.7. The van der Waals surface area contributed by atoms with E-state index in [4.69, 9.17) is 21.1 Å². The van der Waals surface area contributed by atoms with Crippen LogP contribution in [0.5, 0.6) is 5.88 Å². The molecule has 18 heteroatoms. The Morgan fingerprint density at radius 2 is 1.75 bits per heavy atom. The summed E-state index contributed by atoms with van der Waals surface area (Å²) in [5.41, 5.74) is -3.42. The Morgan fingerprint density at radius 1 is 1.03 bits per heavy atom. The molecule has 324 valence electrons. The maximum atomic E-state index is 16.2. The molecule has 59 heavy (non-hydrogen) atoms. The van der Waals surface area contributed by atoms with Crippen LogP contribution in [0.25, 0.3) is 11.0 Å². The number of nitrogens with one attached hydrogen (secondary N) is 1. The smallest absolute Gasteiger partial charge is 0.306 e. The van der Waals surface area contributed by atoms with E-state index in [-0.39, 0.29) is 60.3 Å². The first kappa shape index (κ1) is 43.5. The number of halogens is 5. The maximum Gasteiger partial charge on any atom is 0.306 e. The number of alkyl halides is 4. The lowest BCUT2D eigenvalue weighted by atomic mass is 9.77. The SMILES string of the molecule is C[C@@H]1[C@@H]2CN(C(=O)[C@H](C(C)(C)C)CC(=O)O[C@@H]3C[C@H]3CCCCCC(F)(F)c3nc4ccc(Cl)cc4nc3O2)[C@@H]1C(=O)C[C@]1(C(=O)NS(=O)(=O)C2(C)CC2)C[C@H]1C(F)F. The fourth-order valence-corrected chi connectivity index (χ4v) is 10.3. The van der Waals surface area contributed by atoms with Gasteiger partial charge in [-0.15, -0.1) is 0 Å². The third kappa shape index (κ3) is 8.65. The number of ketones is 1. The molecule has 2 aliphatic heterocycles. The number of nitrogens with zero attached hydrogens (tertiary/aromatic N) is 3. The molecule has 3 aliphatic carbocycles. The highest BCUT2D eigenvalue weighted by Gasteiger charge is 2.67. The number of carbonyl (C=O) groups is 4. The standard InChI is InChI=1S/C41H51ClF4N4O8S/c1-21-30-20-50(32(21)28(51)19-40(18-25(40)34(43)44)37(54)49-59(55,56)39(5)13-14-39)36(53)24(38(2,3)4)17-31(52)57-29-15-22(29)9-7-6-8-12-41(45,46)33-35(58-30)48-27-16-23(42)10-11-26(27)47-33/h10-11,16,21-22,24-25,29-30,32,34H,6-9,12-15,17-20H2,1-5H3,(H,49,54)/t21-,22-,24-,25+,29-,30+,32+,40-/m1/s1. The molecule has 5 aliphatic rings. The minimum Gasteiger partial charge on any atom is -0.471 e. The van der Waals surface area contributed by atoms with Crippen molar-refractivity contribution in [3.8, 4) is 5.88 Å². The minimum absolute atomic E-state index is 0.0665. The molecule has 12 nitrogen and oxygen atoms in total. The number of aromatic nitrogens is 2. The van der Waals surface area contributed by atoms with Crippen LogP contribution >= 0.6 is 11.6 Å². The average Bonchev–Trinajstić information content (AvgIpc) is 4.08. The zero-order valence-corrected chi connectivity index (χ0v) is 35.3. The Balaban J connectivity index is 1.27. The monoisotopic (exact) mass is 870 g/mol. The summed E-state index contributed by atoms with van der Waals surface area (Å²) in [5, 5.41) is 0.259. The van der Waals surface area contributed by atoms with Crippen LogP contribution in [0.15, 0.2) is 18.2 Å². The van der Waals surface area contributed by atoms with Gasteiger partial charge >= 0.3 is 5.97 Å². The van der Waals surface area contributed by atoms with Gasteiger partial charge in [0.15, 0.2) is 11.5 Å². The van der Waals surface area contributed by atoms with E-state index in [1.54, 1.807) is 20.8 Å². The predicted molar refractivity (Wildman–Crippen MR) is 207 cm³/mol. The van der Waals surface area contributed by atoms with Gasteiger partial charge in [0.2, 0.25) is 34.1 Å². The summed E-state index contributed by atoms with van der Waals surface area (Å²) in [7, 11) is -4.26. The largest absolute Gasteiger partial charge is 0.471 e. The average molecular weight is 871 g/mol. The van der Waals surface area contributed by atoms with Crippen LogP contribution in [0.1, 0.15) is 111 Å². The van der Waals surface area contributed by atoms with Crippen molar-refractivity contribution in [1.82, 2.24) is 19.6 Å². The number of ether oxygens (including phenoxy) is 2. The quantitative estimate of drug-likeness (QED) is 0.224. The predicted octanol–water partition coefficient (Wildman–Crippen LogP) is 7.15. The van der Waals surface area contributed by atoms with Crippen LogP contribution in [0.2, 0.25) is 5.02 Å². The van der Waals surface area contributed by atoms with E-state index in [2.05, 4.69) is 9.97 Å². The molecule has 0 unspecified atom stereocenters. The lowest BCUT2D eigenvalue weighted by Gasteiger charge is -2.35. The van der Waals surface area contributed by atoms with Crippen LogP contribution in [-0.4, -0.2) is 82.8 Å². The number of hydrogen-bond acceptors (Lipinski definition) is 10. The second-order valence-corrected chi connectivity index (χ2v) is 21.4. The Morgan fingerprint density at radius 3 is 2.39 bits per heavy atom. The van der Waals surface area contributed by atoms with E-state index in [1.165, 1.54) is 36.9 Å². The van der Waals surface area contributed by atoms with Gasteiger partial charge in [-0.2, -0.15) is 8.78 Å². The number of carbonyl (C=O) groups excluding carboxylic acids is 4. The summed E-state index contributed by atoms with van der Waals surface area (Å²) in [6, 6.07) is 2.92. The normalized spacial score (nSPS) is 32.1. The van der Waals surface area contributed by atoms with Gasteiger partial charge in [0, 0.05) is 29.7 Å². The lowest BCUT2D eigenvalue weighted by Crippen LogP contribution is -2.50. The van der Waals surface area contributed by atoms with Crippen LogP contribution in [0, 0.1) is 34.5 Å². The molecule has 2 bridgehead atoms. The third-order valence-electron chi connectivity index (χ3n) is 13.2. The van der Waals surface area contributed by atoms with E-state index in [1.807, 2.05) is 4.72 Å². The molecular formula is C41H51ClF4N4O8S. The fourth-order valence-electron chi connectivity index (χ4n) is 8.75. The van der Waals surface area contributed by atoms with Gasteiger partial charge in [-0.05, 0) is 75.0 Å². The van der Waals surface area contributed by atoms with Gasteiger partial charge in [0.25, 0.3) is 5.92 Å². The molecule has 0 spiro atoms. The first-order chi connectivity index (χ1) is 27.5. The zero-order chi connectivity index (χ0) is 43.0. The van der Waals surface area contributed by atoms with Gasteiger partial charge in [-0.1, -0.05) is 52.1 Å². The molecule has 1 saturated heterocycles. The summed E-state index contributed by atoms with van der Waals surface area (Å²) in [6.45, 7) is 7.81. The van der Waals surface area contributed by atoms with Crippen molar-refractivity contribution in [3.63, 3.8) is 0 Å². The number of esters is 1. The molecule has 0 radical (unpaired) electrons. The van der Waals surface area contributed by atoms with Crippen molar-refractivity contribution >= 4 is 56.2 Å². The summed E-state index contributed by atoms with van der Waals surface area (Å²) < 4.78 is 100. The molecule has 3 saturated carbocycles. The molecule has 1 aromatic heterocycles. The zero-order valence-electron chi connectivity index (χ0n) is 33.7. The van der Waals surface area contributed by atoms with E-state index in [0.717, 1.165) is 0 Å². The molecule has 1 N–H and O–H groups in total. The summed E-state index contributed by atoms with van der Waals surface area (Å²) in [5.74, 6) is -11.0. The Kier molecular flexibility index (Phi) is 11.3. The lowest BCUT2D eigenvalue weighted by molar-refractivity contribution is -0.154. The molecule has 2 amide bonds. The van der Waals surface area contributed by atoms with E-state index in [0.29, 0.717) is 25.7 Å². The number of hydrogen-bond donors (Lipinski definition) is 1. The second kappa shape index (κ2) is 15.4. The van der Waals surface area contributed by atoms with Crippen LogP contribution < -0.4 is 9.46 Å². The molecule has 3 heterocycles. The number of rotatable bonds is 7. The molecule has 8 atom stereocenters. The van der Waals surface area contributed by atoms with Crippen LogP contribution in [0.3, 0.4) is 0 Å². The van der Waals surface area contributed by atoms with Crippen molar-refractivity contribution in [1.29, 1.82) is 0 Å². The van der Waals surface area contributed by atoms with Crippen LogP contribution in [-0.2, 0) is 39.9 Å². The fraction of sp³-hybridized carbons (Fsp3) is 0.707. The number of amides is 2.